The minimum absolute atomic E-state index is 0.0608. The van der Waals surface area contributed by atoms with E-state index in [1.165, 1.54) is 0 Å². The molecule has 1 aromatic heterocycles. The van der Waals surface area contributed by atoms with Crippen LogP contribution in [0.2, 0.25) is 0 Å². The average molecular weight is 592 g/mol. The van der Waals surface area contributed by atoms with Crippen molar-refractivity contribution < 1.29 is 32.2 Å². The smallest absolute Gasteiger partial charge is 0.407 e. The number of halogens is 3. The van der Waals surface area contributed by atoms with Crippen LogP contribution in [0.5, 0.6) is 5.75 Å². The normalized spacial score (nSPS) is 19.7. The highest BCUT2D eigenvalue weighted by atomic mass is 19.2. The summed E-state index contributed by atoms with van der Waals surface area (Å²) in [6.07, 6.45) is 4.68. The van der Waals surface area contributed by atoms with Gasteiger partial charge in [0.15, 0.2) is 17.4 Å². The number of ether oxygens (including phenoxy) is 2. The molecule has 1 aromatic carbocycles. The number of hydrogen-bond donors (Lipinski definition) is 1. The van der Waals surface area contributed by atoms with Crippen molar-refractivity contribution in [3.05, 3.63) is 47.5 Å². The topological polar surface area (TPSA) is 96.9 Å². The summed E-state index contributed by atoms with van der Waals surface area (Å²) in [7, 11) is 0. The summed E-state index contributed by atoms with van der Waals surface area (Å²) in [5.74, 6) is -2.41. The molecule has 0 aliphatic carbocycles. The highest BCUT2D eigenvalue weighted by Crippen LogP contribution is 2.33. The van der Waals surface area contributed by atoms with Crippen LogP contribution in [-0.4, -0.2) is 71.3 Å². The number of likely N-dealkylation sites (tertiary alicyclic amines) is 1. The van der Waals surface area contributed by atoms with Crippen molar-refractivity contribution in [3.63, 3.8) is 0 Å². The molecule has 0 saturated carbocycles. The fourth-order valence-corrected chi connectivity index (χ4v) is 5.30. The molecule has 1 N–H and O–H groups in total. The largest absolute Gasteiger partial charge is 0.490 e. The first kappa shape index (κ1) is 31.4. The van der Waals surface area contributed by atoms with Gasteiger partial charge >= 0.3 is 6.09 Å². The molecule has 0 bridgehead atoms. The van der Waals surface area contributed by atoms with Crippen LogP contribution in [0.3, 0.4) is 0 Å². The number of carbonyl (C=O) groups is 2. The Balaban J connectivity index is 1.38. The van der Waals surface area contributed by atoms with Gasteiger partial charge in [0, 0.05) is 44.6 Å². The lowest BCUT2D eigenvalue weighted by atomic mass is 9.93. The Kier molecular flexibility index (Phi) is 9.83. The molecule has 42 heavy (non-hydrogen) atoms. The molecular weight excluding hydrogens is 551 g/mol. The van der Waals surface area contributed by atoms with E-state index in [-0.39, 0.29) is 24.6 Å². The Bertz CT molecular complexity index is 1250. The van der Waals surface area contributed by atoms with Crippen LogP contribution in [0.15, 0.2) is 24.5 Å². The van der Waals surface area contributed by atoms with Gasteiger partial charge in [-0.05, 0) is 57.1 Å². The number of nitrogens with one attached hydrogen (secondary N) is 1. The minimum Gasteiger partial charge on any atom is -0.490 e. The summed E-state index contributed by atoms with van der Waals surface area (Å²) in [5, 5.41) is 2.74. The van der Waals surface area contributed by atoms with E-state index in [0.717, 1.165) is 32.0 Å². The fraction of sp³-hybridized carbons (Fsp3) is 0.600. The quantitative estimate of drug-likeness (QED) is 0.429. The molecule has 0 spiro atoms. The molecule has 230 valence electrons. The van der Waals surface area contributed by atoms with Gasteiger partial charge in [-0.1, -0.05) is 13.8 Å². The summed E-state index contributed by atoms with van der Waals surface area (Å²) in [5.41, 5.74) is -0.818. The Hall–Kier alpha value is -3.57. The van der Waals surface area contributed by atoms with Crippen molar-refractivity contribution in [2.24, 2.45) is 11.8 Å². The predicted octanol–water partition coefficient (Wildman–Crippen LogP) is 5.05. The summed E-state index contributed by atoms with van der Waals surface area (Å²) >= 11 is 0. The van der Waals surface area contributed by atoms with E-state index in [4.69, 9.17) is 9.47 Å². The minimum atomic E-state index is -1.29. The van der Waals surface area contributed by atoms with Gasteiger partial charge in [0.1, 0.15) is 11.4 Å². The van der Waals surface area contributed by atoms with E-state index in [1.807, 2.05) is 18.7 Å². The standard InChI is InChI=1S/C30H40F3N5O4/c1-18(2)10-27(39)37-8-6-19(7-9-37)17-41-20-13-34-28(35-14-20)38-15-22(21-11-24(32)25(33)12-23(21)31)26(16-38)36-29(40)42-30(3,4)5/h11-14,18-19,22,26H,6-10,15-17H2,1-5H3,(H,36,40)/t22-,26+/m1/s1. The summed E-state index contributed by atoms with van der Waals surface area (Å²) < 4.78 is 53.7. The van der Waals surface area contributed by atoms with E-state index >= 15 is 0 Å². The van der Waals surface area contributed by atoms with Crippen LogP contribution in [0, 0.1) is 29.3 Å². The van der Waals surface area contributed by atoms with E-state index in [0.29, 0.717) is 42.6 Å². The molecule has 3 heterocycles. The van der Waals surface area contributed by atoms with Crippen LogP contribution in [-0.2, 0) is 9.53 Å². The van der Waals surface area contributed by atoms with E-state index in [1.54, 1.807) is 38.1 Å². The van der Waals surface area contributed by atoms with Crippen molar-refractivity contribution >= 4 is 17.9 Å². The zero-order valence-electron chi connectivity index (χ0n) is 24.8. The van der Waals surface area contributed by atoms with Crippen molar-refractivity contribution in [3.8, 4) is 5.75 Å². The Morgan fingerprint density at radius 3 is 2.29 bits per heavy atom. The predicted molar refractivity (Wildman–Crippen MR) is 151 cm³/mol. The number of rotatable bonds is 8. The number of nitrogens with zero attached hydrogens (tertiary/aromatic N) is 4. The highest BCUT2D eigenvalue weighted by Gasteiger charge is 2.39. The number of piperidine rings is 1. The molecule has 2 aliphatic heterocycles. The molecule has 4 rings (SSSR count). The van der Waals surface area contributed by atoms with Gasteiger partial charge in [-0.15, -0.1) is 0 Å². The van der Waals surface area contributed by atoms with Crippen molar-refractivity contribution in [1.82, 2.24) is 20.2 Å². The first-order valence-electron chi connectivity index (χ1n) is 14.4. The van der Waals surface area contributed by atoms with Gasteiger partial charge in [-0.25, -0.2) is 27.9 Å². The molecule has 0 radical (unpaired) electrons. The van der Waals surface area contributed by atoms with Gasteiger partial charge in [0.05, 0.1) is 25.0 Å². The molecule has 2 fully saturated rings. The first-order valence-corrected chi connectivity index (χ1v) is 14.4. The van der Waals surface area contributed by atoms with Crippen LogP contribution >= 0.6 is 0 Å². The van der Waals surface area contributed by atoms with Crippen molar-refractivity contribution in [1.29, 1.82) is 0 Å². The first-order chi connectivity index (χ1) is 19.8. The second-order valence-corrected chi connectivity index (χ2v) is 12.5. The second-order valence-electron chi connectivity index (χ2n) is 12.5. The molecule has 9 nitrogen and oxygen atoms in total. The number of benzene rings is 1. The maximum absolute atomic E-state index is 14.8. The number of hydrogen-bond acceptors (Lipinski definition) is 7. The molecule has 0 unspecified atom stereocenters. The number of alkyl carbamates (subject to hydrolysis) is 1. The number of anilines is 1. The molecule has 12 heteroatoms. The van der Waals surface area contributed by atoms with Gasteiger partial charge in [0.25, 0.3) is 0 Å². The molecule has 2 saturated heterocycles. The maximum Gasteiger partial charge on any atom is 0.407 e. The van der Waals surface area contributed by atoms with Crippen LogP contribution in [0.25, 0.3) is 0 Å². The van der Waals surface area contributed by atoms with Crippen LogP contribution in [0.1, 0.15) is 65.4 Å². The lowest BCUT2D eigenvalue weighted by molar-refractivity contribution is -0.133. The number of aromatic nitrogens is 2. The highest BCUT2D eigenvalue weighted by molar-refractivity contribution is 5.76. The third-order valence-electron chi connectivity index (χ3n) is 7.39. The van der Waals surface area contributed by atoms with Crippen molar-refractivity contribution in [2.75, 3.05) is 37.7 Å². The lowest BCUT2D eigenvalue weighted by Crippen LogP contribution is -2.43. The lowest BCUT2D eigenvalue weighted by Gasteiger charge is -2.32. The van der Waals surface area contributed by atoms with Crippen LogP contribution < -0.4 is 15.0 Å². The zero-order chi connectivity index (χ0) is 30.6. The van der Waals surface area contributed by atoms with E-state index in [2.05, 4.69) is 15.3 Å². The van der Waals surface area contributed by atoms with Gasteiger partial charge < -0.3 is 24.6 Å². The zero-order valence-corrected chi connectivity index (χ0v) is 24.8. The van der Waals surface area contributed by atoms with Gasteiger partial charge in [-0.2, -0.15) is 0 Å². The van der Waals surface area contributed by atoms with Gasteiger partial charge in [-0.3, -0.25) is 4.79 Å². The third kappa shape index (κ3) is 8.25. The molecule has 2 atom stereocenters. The molecule has 2 amide bonds. The number of carbonyl (C=O) groups excluding carboxylic acids is 2. The summed E-state index contributed by atoms with van der Waals surface area (Å²) in [6.45, 7) is 11.5. The molecular formula is C30H40F3N5O4. The maximum atomic E-state index is 14.8. The molecule has 2 aromatic rings. The monoisotopic (exact) mass is 591 g/mol. The summed E-state index contributed by atoms with van der Waals surface area (Å²) in [6, 6.07) is 0.649. The summed E-state index contributed by atoms with van der Waals surface area (Å²) in [4.78, 5) is 37.3. The molecule has 2 aliphatic rings. The number of amides is 2. The van der Waals surface area contributed by atoms with Gasteiger partial charge in [0.2, 0.25) is 11.9 Å². The Labute approximate surface area is 244 Å². The second kappa shape index (κ2) is 13.2. The average Bonchev–Trinajstić information content (AvgIpc) is 3.31. The third-order valence-corrected chi connectivity index (χ3v) is 7.39. The fourth-order valence-electron chi connectivity index (χ4n) is 5.30. The Morgan fingerprint density at radius 2 is 1.67 bits per heavy atom. The SMILES string of the molecule is CC(C)CC(=O)N1CCC(COc2cnc(N3C[C@H](NC(=O)OC(C)(C)C)[C@@H](c4cc(F)c(F)cc4F)C3)nc2)CC1. The Morgan fingerprint density at radius 1 is 1.02 bits per heavy atom. The van der Waals surface area contributed by atoms with Crippen molar-refractivity contribution in [2.45, 2.75) is 71.4 Å². The van der Waals surface area contributed by atoms with E-state index in [9.17, 15) is 22.8 Å². The van der Waals surface area contributed by atoms with E-state index < -0.39 is 41.1 Å². The van der Waals surface area contributed by atoms with Crippen LogP contribution in [0.4, 0.5) is 23.9 Å².